The number of benzene rings is 4. The molecule has 68 heavy (non-hydrogen) atoms. The van der Waals surface area contributed by atoms with Gasteiger partial charge in [0.15, 0.2) is 0 Å². The average molecular weight is 1050 g/mol. The molecular weight excluding hydrogens is 996 g/mol. The zero-order chi connectivity index (χ0) is 47.3. The summed E-state index contributed by atoms with van der Waals surface area (Å²) in [5, 5.41) is 30.5. The molecule has 2 aliphatic heterocycles. The number of amides is 2. The highest BCUT2D eigenvalue weighted by molar-refractivity contribution is 9.10. The lowest BCUT2D eigenvalue weighted by Crippen LogP contribution is -2.66. The summed E-state index contributed by atoms with van der Waals surface area (Å²) in [7, 11) is 0. The van der Waals surface area contributed by atoms with Gasteiger partial charge < -0.3 is 30.3 Å². The summed E-state index contributed by atoms with van der Waals surface area (Å²) < 4.78 is 12.6. The molecule has 4 N–H and O–H groups in total. The standard InChI is InChI=1S/2C27H26BrNO5/c2*28-19-7-5-18(6-8-19)22(30)23-27(33,21-4-2-1-3-20(21)24(31)34-23)25(32)29-26-12-15-9-16(13-26)11-17(10-15)14-26/h2*1-8,15-17,23,33H,9-14H2,(H,29,32)/t2*15?,16?,17?,23-,26?,27-/m10/s1. The summed E-state index contributed by atoms with van der Waals surface area (Å²) in [5.74, 6) is -0.425. The number of fused-ring (bicyclic) bond motifs is 2. The molecule has 2 heterocycles. The van der Waals surface area contributed by atoms with Gasteiger partial charge in [-0.25, -0.2) is 9.59 Å². The zero-order valence-corrected chi connectivity index (χ0v) is 40.4. The second-order valence-corrected chi connectivity index (χ2v) is 23.1. The van der Waals surface area contributed by atoms with Crippen molar-refractivity contribution in [2.24, 2.45) is 35.5 Å². The van der Waals surface area contributed by atoms with Gasteiger partial charge in [0, 0.05) is 42.3 Å². The SMILES string of the molecule is O=C1O[C@@H](C(=O)c2ccc(Br)cc2)[C@](O)(C(=O)NC23CC4CC(CC(C4)C2)C3)c2ccccc21.O=C1O[C@H](C(=O)c2ccc(Br)cc2)[C@@](O)(C(=O)NC23CC4CC(CC(C4)C2)C3)c2ccccc21. The van der Waals surface area contributed by atoms with Gasteiger partial charge in [-0.05, 0) is 149 Å². The predicted octanol–water partition coefficient (Wildman–Crippen LogP) is 8.29. The third kappa shape index (κ3) is 7.68. The molecule has 352 valence electrons. The van der Waals surface area contributed by atoms with Gasteiger partial charge in [0.05, 0.1) is 11.1 Å². The number of carbonyl (C=O) groups excluding carboxylic acids is 6. The number of hydrogen-bond acceptors (Lipinski definition) is 10. The van der Waals surface area contributed by atoms with Crippen molar-refractivity contribution in [3.8, 4) is 0 Å². The van der Waals surface area contributed by atoms with E-state index in [0.29, 0.717) is 35.5 Å². The molecule has 14 rings (SSSR count). The molecule has 8 bridgehead atoms. The number of aliphatic hydroxyl groups is 2. The molecule has 8 saturated carbocycles. The van der Waals surface area contributed by atoms with Gasteiger partial charge in [0.1, 0.15) is 0 Å². The van der Waals surface area contributed by atoms with Gasteiger partial charge in [-0.2, -0.15) is 0 Å². The number of nitrogens with one attached hydrogen (secondary N) is 2. The monoisotopic (exact) mass is 1050 g/mol. The average Bonchev–Trinajstić information content (AvgIpc) is 3.30. The molecule has 0 spiro atoms. The molecule has 10 aliphatic rings. The fourth-order valence-corrected chi connectivity index (χ4v) is 15.0. The Morgan fingerprint density at radius 1 is 0.471 bits per heavy atom. The highest BCUT2D eigenvalue weighted by Gasteiger charge is 2.61. The van der Waals surface area contributed by atoms with Gasteiger partial charge >= 0.3 is 11.9 Å². The second kappa shape index (κ2) is 16.8. The van der Waals surface area contributed by atoms with E-state index in [9.17, 15) is 39.0 Å². The summed E-state index contributed by atoms with van der Waals surface area (Å²) in [6, 6.07) is 25.8. The Balaban J connectivity index is 0.000000149. The van der Waals surface area contributed by atoms with E-state index >= 15 is 0 Å². The van der Waals surface area contributed by atoms with Gasteiger partial charge in [-0.3, -0.25) is 19.2 Å². The lowest BCUT2D eigenvalue weighted by Gasteiger charge is -2.57. The van der Waals surface area contributed by atoms with Crippen LogP contribution in [-0.4, -0.2) is 68.8 Å². The highest BCUT2D eigenvalue weighted by atomic mass is 79.9. The van der Waals surface area contributed by atoms with Crippen LogP contribution in [0.5, 0.6) is 0 Å². The van der Waals surface area contributed by atoms with Gasteiger partial charge in [0.25, 0.3) is 11.8 Å². The number of ether oxygens (including phenoxy) is 2. The van der Waals surface area contributed by atoms with E-state index < -0.39 is 58.7 Å². The van der Waals surface area contributed by atoms with E-state index in [1.54, 1.807) is 72.8 Å². The molecule has 8 fully saturated rings. The van der Waals surface area contributed by atoms with Crippen molar-refractivity contribution in [1.29, 1.82) is 0 Å². The first-order chi connectivity index (χ1) is 32.5. The Kier molecular flexibility index (Phi) is 11.3. The van der Waals surface area contributed by atoms with E-state index in [1.165, 1.54) is 62.8 Å². The largest absolute Gasteiger partial charge is 0.446 e. The number of ketones is 2. The molecule has 0 saturated heterocycles. The van der Waals surface area contributed by atoms with Crippen LogP contribution in [0.15, 0.2) is 106 Å². The minimum absolute atomic E-state index is 0.102. The smallest absolute Gasteiger partial charge is 0.339 e. The number of cyclic esters (lactones) is 2. The fourth-order valence-electron chi connectivity index (χ4n) is 14.5. The lowest BCUT2D eigenvalue weighted by atomic mass is 9.53. The lowest BCUT2D eigenvalue weighted by molar-refractivity contribution is -0.159. The van der Waals surface area contributed by atoms with E-state index in [-0.39, 0.29) is 44.5 Å². The van der Waals surface area contributed by atoms with Crippen LogP contribution in [-0.2, 0) is 30.3 Å². The summed E-state index contributed by atoms with van der Waals surface area (Å²) in [6.07, 6.45) is 9.30. The fraction of sp³-hybridized carbons (Fsp3) is 0.444. The molecule has 4 aromatic carbocycles. The van der Waals surface area contributed by atoms with Crippen LogP contribution in [0.3, 0.4) is 0 Å². The Bertz CT molecular complexity index is 2500. The third-order valence-corrected chi connectivity index (χ3v) is 17.6. The molecule has 8 aliphatic carbocycles. The van der Waals surface area contributed by atoms with E-state index in [0.717, 1.165) is 47.5 Å². The summed E-state index contributed by atoms with van der Waals surface area (Å²) in [5.41, 5.74) is -4.45. The maximum absolute atomic E-state index is 14.0. The minimum atomic E-state index is -2.32. The first-order valence-corrected chi connectivity index (χ1v) is 25.4. The van der Waals surface area contributed by atoms with Crippen molar-refractivity contribution in [2.75, 3.05) is 0 Å². The van der Waals surface area contributed by atoms with Crippen LogP contribution in [0.25, 0.3) is 0 Å². The van der Waals surface area contributed by atoms with Crippen LogP contribution in [0.2, 0.25) is 0 Å². The van der Waals surface area contributed by atoms with Crippen LogP contribution in [0.4, 0.5) is 0 Å². The number of rotatable bonds is 8. The maximum Gasteiger partial charge on any atom is 0.339 e. The third-order valence-electron chi connectivity index (χ3n) is 16.6. The number of esters is 2. The van der Waals surface area contributed by atoms with Crippen molar-refractivity contribution in [3.63, 3.8) is 0 Å². The number of carbonyl (C=O) groups is 6. The normalized spacial score (nSPS) is 35.4. The summed E-state index contributed by atoms with van der Waals surface area (Å²) in [6.45, 7) is 0. The van der Waals surface area contributed by atoms with Crippen LogP contribution >= 0.6 is 31.9 Å². The maximum atomic E-state index is 14.0. The zero-order valence-electron chi connectivity index (χ0n) is 37.3. The Morgan fingerprint density at radius 3 is 1.07 bits per heavy atom. The van der Waals surface area contributed by atoms with Crippen molar-refractivity contribution in [3.05, 3.63) is 139 Å². The molecule has 2 amide bonds. The second-order valence-electron chi connectivity index (χ2n) is 21.2. The van der Waals surface area contributed by atoms with Crippen LogP contribution in [0, 0.1) is 35.5 Å². The van der Waals surface area contributed by atoms with Gasteiger partial charge in [-0.1, -0.05) is 92.5 Å². The van der Waals surface area contributed by atoms with Crippen molar-refractivity contribution in [1.82, 2.24) is 10.6 Å². The first kappa shape index (κ1) is 45.4. The molecule has 12 nitrogen and oxygen atoms in total. The van der Waals surface area contributed by atoms with Gasteiger partial charge in [0.2, 0.25) is 35.0 Å². The van der Waals surface area contributed by atoms with Crippen molar-refractivity contribution < 1.29 is 48.5 Å². The minimum Gasteiger partial charge on any atom is -0.446 e. The molecule has 4 aromatic rings. The Hall–Kier alpha value is -5.02. The quantitative estimate of drug-likeness (QED) is 0.0989. The molecular formula is C54H52Br2N2O10. The van der Waals surface area contributed by atoms with Crippen molar-refractivity contribution >= 4 is 67.2 Å². The van der Waals surface area contributed by atoms with E-state index in [1.807, 2.05) is 0 Å². The number of Topliss-reactive ketones (excluding diaryl/α,β-unsaturated/α-hetero) is 2. The molecule has 0 radical (unpaired) electrons. The number of hydrogen-bond donors (Lipinski definition) is 4. The van der Waals surface area contributed by atoms with Crippen molar-refractivity contribution in [2.45, 2.75) is 112 Å². The predicted molar refractivity (Wildman–Crippen MR) is 254 cm³/mol. The van der Waals surface area contributed by atoms with E-state index in [2.05, 4.69) is 42.5 Å². The first-order valence-electron chi connectivity index (χ1n) is 23.9. The van der Waals surface area contributed by atoms with E-state index in [4.69, 9.17) is 9.47 Å². The molecule has 0 aromatic heterocycles. The molecule has 14 heteroatoms. The summed E-state index contributed by atoms with van der Waals surface area (Å²) >= 11 is 6.69. The van der Waals surface area contributed by atoms with Crippen LogP contribution < -0.4 is 10.6 Å². The Morgan fingerprint density at radius 2 is 0.765 bits per heavy atom. The molecule has 4 atom stereocenters. The van der Waals surface area contributed by atoms with Gasteiger partial charge in [-0.15, -0.1) is 0 Å². The van der Waals surface area contributed by atoms with Crippen LogP contribution in [0.1, 0.15) is 130 Å². The molecule has 0 unspecified atom stereocenters. The topological polar surface area (TPSA) is 185 Å². The number of halogens is 2. The highest BCUT2D eigenvalue weighted by Crippen LogP contribution is 2.57. The Labute approximate surface area is 410 Å². The summed E-state index contributed by atoms with van der Waals surface area (Å²) in [4.78, 5) is 80.5.